The van der Waals surface area contributed by atoms with Gasteiger partial charge in [-0.15, -0.1) is 0 Å². The molecular weight excluding hydrogens is 447 g/mol. The Labute approximate surface area is 188 Å². The Balaban J connectivity index is 2.15. The number of halogens is 1. The van der Waals surface area contributed by atoms with E-state index in [0.717, 1.165) is 0 Å². The molecule has 0 spiro atoms. The van der Waals surface area contributed by atoms with Gasteiger partial charge < -0.3 is 0 Å². The summed E-state index contributed by atoms with van der Waals surface area (Å²) < 4.78 is 0. The molecule has 0 unspecified atom stereocenters. The van der Waals surface area contributed by atoms with Crippen LogP contribution in [0.5, 0.6) is 0 Å². The average Bonchev–Trinajstić information content (AvgIpc) is 2.80. The third-order valence-corrected chi connectivity index (χ3v) is 15.9. The van der Waals surface area contributed by atoms with E-state index in [4.69, 9.17) is 0 Å². The second-order valence-corrected chi connectivity index (χ2v) is 17.2. The molecule has 0 aromatic heterocycles. The quantitative estimate of drug-likeness (QED) is 0.298. The number of benzene rings is 4. The fourth-order valence-electron chi connectivity index (χ4n) is 4.26. The summed E-state index contributed by atoms with van der Waals surface area (Å²) in [5.41, 5.74) is 1.46. The van der Waals surface area contributed by atoms with Gasteiger partial charge >= 0.3 is 189 Å². The van der Waals surface area contributed by atoms with E-state index in [1.165, 1.54) is 26.8 Å². The van der Waals surface area contributed by atoms with E-state index in [2.05, 4.69) is 152 Å². The Morgan fingerprint density at radius 1 is 0.467 bits per heavy atom. The molecule has 0 aliphatic heterocycles. The zero-order valence-electron chi connectivity index (χ0n) is 17.8. The molecule has 0 fully saturated rings. The van der Waals surface area contributed by atoms with E-state index < -0.39 is 5.31 Å². The van der Waals surface area contributed by atoms with Gasteiger partial charge in [0, 0.05) is 0 Å². The van der Waals surface area contributed by atoms with Crippen molar-refractivity contribution in [2.75, 3.05) is 0 Å². The van der Waals surface area contributed by atoms with Gasteiger partial charge in [0.15, 0.2) is 0 Å². The Morgan fingerprint density at radius 3 is 1.07 bits per heavy atom. The molecule has 0 N–H and O–H groups in total. The van der Waals surface area contributed by atoms with E-state index >= 15 is 0 Å². The summed E-state index contributed by atoms with van der Waals surface area (Å²) in [6.07, 6.45) is 0. The van der Waals surface area contributed by atoms with Crippen LogP contribution in [0.25, 0.3) is 0 Å². The van der Waals surface area contributed by atoms with Crippen LogP contribution in [0.3, 0.4) is 0 Å². The minimum absolute atomic E-state index is 0.119. The van der Waals surface area contributed by atoms with Gasteiger partial charge in [0.25, 0.3) is 0 Å². The van der Waals surface area contributed by atoms with Crippen molar-refractivity contribution in [2.45, 2.75) is 26.2 Å². The number of hydrogen-bond donors (Lipinski definition) is 0. The molecule has 0 aliphatic rings. The van der Waals surface area contributed by atoms with Gasteiger partial charge in [0.1, 0.15) is 0 Å². The Kier molecular flexibility index (Phi) is 5.47. The summed E-state index contributed by atoms with van der Waals surface area (Å²) in [4.78, 5) is 0. The van der Waals surface area contributed by atoms with E-state index in [1.807, 2.05) is 0 Å². The molecule has 0 atom stereocenters. The first-order valence-corrected chi connectivity index (χ1v) is 14.6. The van der Waals surface area contributed by atoms with Crippen LogP contribution in [0, 0.1) is 0 Å². The van der Waals surface area contributed by atoms with Crippen molar-refractivity contribution in [3.05, 3.63) is 121 Å². The van der Waals surface area contributed by atoms with Crippen LogP contribution in [0.4, 0.5) is 0 Å². The Hall–Kier alpha value is -2.21. The third-order valence-electron chi connectivity index (χ3n) is 5.94. The van der Waals surface area contributed by atoms with Crippen molar-refractivity contribution in [2.24, 2.45) is 0 Å². The summed E-state index contributed by atoms with van der Waals surface area (Å²) in [7, 11) is 0. The predicted molar refractivity (Wildman–Crippen MR) is 139 cm³/mol. The van der Waals surface area contributed by atoms with Crippen molar-refractivity contribution >= 4 is 42.0 Å². The second kappa shape index (κ2) is 7.80. The topological polar surface area (TPSA) is 0 Å². The van der Waals surface area contributed by atoms with Crippen molar-refractivity contribution in [1.29, 1.82) is 0 Å². The molecule has 4 aromatic rings. The van der Waals surface area contributed by atoms with Crippen LogP contribution in [0.15, 0.2) is 115 Å². The first kappa shape index (κ1) is 21.0. The molecule has 0 saturated carbocycles. The van der Waals surface area contributed by atoms with Crippen LogP contribution in [-0.4, -0.2) is 0 Å². The molecule has 0 amide bonds. The fraction of sp³-hybridized carbons (Fsp3) is 0.143. The van der Waals surface area contributed by atoms with Crippen LogP contribution in [0.2, 0.25) is 0 Å². The molecule has 4 rings (SSSR count). The molecule has 4 aromatic carbocycles. The van der Waals surface area contributed by atoms with Gasteiger partial charge in [0.05, 0.1) is 0 Å². The summed E-state index contributed by atoms with van der Waals surface area (Å²) in [5, 5.41) is 2.16. The van der Waals surface area contributed by atoms with Gasteiger partial charge in [-0.2, -0.15) is 0 Å². The molecule has 0 nitrogen and oxygen atoms in total. The molecule has 30 heavy (non-hydrogen) atoms. The van der Waals surface area contributed by atoms with Crippen molar-refractivity contribution in [1.82, 2.24) is 0 Å². The normalized spacial score (nSPS) is 13.4. The molecule has 2 heteroatoms. The predicted octanol–water partition coefficient (Wildman–Crippen LogP) is 6.45. The van der Waals surface area contributed by atoms with Crippen molar-refractivity contribution < 1.29 is 0 Å². The summed E-state index contributed by atoms with van der Waals surface area (Å²) in [5.74, 6) is 0. The van der Waals surface area contributed by atoms with Crippen LogP contribution < -0.4 is 21.2 Å². The van der Waals surface area contributed by atoms with Crippen LogP contribution in [-0.2, 0) is 5.41 Å². The number of hydrogen-bond acceptors (Lipinski definition) is 0. The zero-order valence-corrected chi connectivity index (χ0v) is 20.3. The van der Waals surface area contributed by atoms with E-state index in [0.29, 0.717) is 0 Å². The SMILES string of the molecule is CC(C)(C)c1ccc(P(Br)(c2ccccc2)(c2ccccc2)c2ccccc2)cc1. The van der Waals surface area contributed by atoms with Gasteiger partial charge in [-0.3, -0.25) is 0 Å². The van der Waals surface area contributed by atoms with E-state index in [9.17, 15) is 0 Å². The van der Waals surface area contributed by atoms with E-state index in [1.54, 1.807) is 0 Å². The molecule has 0 heterocycles. The molecule has 0 radical (unpaired) electrons. The standard InChI is InChI=1S/C28H28BrP/c1-28(2,3)23-19-21-27(22-20-23)30(29,24-13-7-4-8-14-24,25-15-9-5-10-16-25)26-17-11-6-12-18-26/h4-22H,1-3H3. The molecule has 0 bridgehead atoms. The third kappa shape index (κ3) is 3.25. The maximum atomic E-state index is 4.53. The van der Waals surface area contributed by atoms with Crippen molar-refractivity contribution in [3.8, 4) is 0 Å². The molecule has 152 valence electrons. The maximum absolute atomic E-state index is 4.53. The Morgan fingerprint density at radius 2 is 0.767 bits per heavy atom. The van der Waals surface area contributed by atoms with Crippen molar-refractivity contribution in [3.63, 3.8) is 0 Å². The second-order valence-electron chi connectivity index (χ2n) is 8.81. The zero-order chi connectivity index (χ0) is 21.3. The summed E-state index contributed by atoms with van der Waals surface area (Å²) in [6.45, 7) is 6.80. The first-order valence-electron chi connectivity index (χ1n) is 10.4. The summed E-state index contributed by atoms with van der Waals surface area (Å²) in [6, 6.07) is 42.0. The van der Waals surface area contributed by atoms with Crippen LogP contribution in [0.1, 0.15) is 26.3 Å². The van der Waals surface area contributed by atoms with Gasteiger partial charge in [-0.1, -0.05) is 0 Å². The van der Waals surface area contributed by atoms with Gasteiger partial charge in [-0.05, 0) is 0 Å². The first-order chi connectivity index (χ1) is 14.4. The Bertz CT molecular complexity index is 1010. The van der Waals surface area contributed by atoms with E-state index in [-0.39, 0.29) is 5.41 Å². The molecule has 0 saturated heterocycles. The molecular formula is C28H28BrP. The summed E-state index contributed by atoms with van der Waals surface area (Å²) >= 11 is 4.53. The minimum atomic E-state index is -3.09. The molecule has 0 aliphatic carbocycles. The fourth-order valence-corrected chi connectivity index (χ4v) is 11.8. The average molecular weight is 475 g/mol. The van der Waals surface area contributed by atoms with Crippen LogP contribution >= 0.6 is 20.8 Å². The van der Waals surface area contributed by atoms with Gasteiger partial charge in [0.2, 0.25) is 0 Å². The van der Waals surface area contributed by atoms with Gasteiger partial charge in [-0.25, -0.2) is 0 Å². The number of rotatable bonds is 4. The monoisotopic (exact) mass is 474 g/mol.